The molecule has 0 aromatic heterocycles. The van der Waals surface area contributed by atoms with E-state index in [2.05, 4.69) is 0 Å². The van der Waals surface area contributed by atoms with Crippen molar-refractivity contribution in [3.63, 3.8) is 0 Å². The third kappa shape index (κ3) is 15.4. The lowest BCUT2D eigenvalue weighted by Gasteiger charge is -2.48. The molecular weight excluding hydrogens is 959 g/mol. The number of aliphatic hydroxyl groups excluding tert-OH is 3. The number of piperidine rings is 1. The van der Waals surface area contributed by atoms with E-state index in [-0.39, 0.29) is 49.7 Å². The van der Waals surface area contributed by atoms with E-state index in [1.807, 2.05) is 44.2 Å². The van der Waals surface area contributed by atoms with E-state index in [4.69, 9.17) is 28.4 Å². The number of allylic oxidation sites excluding steroid dienone is 6. The lowest BCUT2D eigenvalue weighted by molar-refractivity contribution is -0.825. The van der Waals surface area contributed by atoms with Gasteiger partial charge in [0.05, 0.1) is 38.1 Å². The van der Waals surface area contributed by atoms with Crippen LogP contribution in [0.15, 0.2) is 47.6 Å². The fraction of sp³-hybridized carbons (Fsp3) is 0.750. The van der Waals surface area contributed by atoms with Gasteiger partial charge in [-0.1, -0.05) is 71.1 Å². The number of amides is 1. The minimum absolute atomic E-state index is 0.0269. The number of ketones is 3. The van der Waals surface area contributed by atoms with Crippen LogP contribution in [-0.4, -0.2) is 156 Å². The maximum atomic E-state index is 15.0. The first-order valence-corrected chi connectivity index (χ1v) is 26.6. The maximum Gasteiger partial charge on any atom is 0.388 e. The molecule has 0 aromatic rings. The van der Waals surface area contributed by atoms with Gasteiger partial charge in [-0.25, -0.2) is 9.59 Å². The molecule has 3 aliphatic heterocycles. The number of rotatable bonds is 10. The highest BCUT2D eigenvalue weighted by molar-refractivity contribution is 6.36. The number of nitrogens with zero attached hydrogens (tertiary/aromatic N) is 1. The molecule has 4 aliphatic rings. The van der Waals surface area contributed by atoms with Crippen LogP contribution in [0, 0.1) is 46.1 Å². The Morgan fingerprint density at radius 2 is 1.57 bits per heavy atom. The van der Waals surface area contributed by atoms with Crippen LogP contribution < -0.4 is 0 Å². The summed E-state index contributed by atoms with van der Waals surface area (Å²) in [6.45, 7) is 11.9. The molecule has 2 saturated heterocycles. The van der Waals surface area contributed by atoms with Crippen molar-refractivity contribution in [3.8, 4) is 0 Å². The molecule has 16 unspecified atom stereocenters. The average Bonchev–Trinajstić information content (AvgIpc) is 3.37. The van der Waals surface area contributed by atoms with E-state index in [0.717, 1.165) is 5.57 Å². The lowest BCUT2D eigenvalue weighted by atomic mass is 9.78. The van der Waals surface area contributed by atoms with Gasteiger partial charge in [0, 0.05) is 58.3 Å². The second-order valence-electron chi connectivity index (χ2n) is 22.2. The second-order valence-corrected chi connectivity index (χ2v) is 22.2. The van der Waals surface area contributed by atoms with Crippen LogP contribution in [0.1, 0.15) is 132 Å². The van der Waals surface area contributed by atoms with Gasteiger partial charge in [0.1, 0.15) is 35.6 Å². The standard InChI is InChI=1S/C56H87NO17/c1-33-17-13-12-14-18-34(2)45(69-9)29-41-22-20-39(7)56(67,74-41)51(63)52(64)57(68)24-16-15-19-42(57)53(65)72-46(30-43(60)35(3)26-38(6)49(62)50(71-11)48(61)37(5)25-33)36(4)27-40-21-23-44(47(28-40)70-10)73-54(66)55(8,31-58)32-59/h12-14,17-18,26,33,35-37,39-42,44-47,49-50,58-59,62,67H,15-16,19-25,27-32H2,1-11H3/b14-12+,17-13+,34-18+,38-26+. The topological polar surface area (TPSA) is 262 Å². The third-order valence-electron chi connectivity index (χ3n) is 16.2. The number of methoxy groups -OCH3 is 3. The van der Waals surface area contributed by atoms with Crippen LogP contribution >= 0.6 is 0 Å². The third-order valence-corrected chi connectivity index (χ3v) is 16.2. The quantitative estimate of drug-likeness (QED) is 0.0669. The summed E-state index contributed by atoms with van der Waals surface area (Å²) in [5.74, 6) is -11.1. The minimum atomic E-state index is -2.67. The Hall–Kier alpha value is -3.82. The van der Waals surface area contributed by atoms with E-state index < -0.39 is 137 Å². The molecule has 1 aliphatic carbocycles. The fourth-order valence-electron chi connectivity index (χ4n) is 10.9. The van der Waals surface area contributed by atoms with E-state index >= 15 is 0 Å². The van der Waals surface area contributed by atoms with Gasteiger partial charge in [-0.3, -0.25) is 23.8 Å². The van der Waals surface area contributed by atoms with Crippen LogP contribution in [-0.2, 0) is 57.2 Å². The highest BCUT2D eigenvalue weighted by Crippen LogP contribution is 2.40. The maximum absolute atomic E-state index is 15.0. The number of aliphatic hydroxyl groups is 4. The SMILES string of the molecule is COC1CC2CCC(C)C(O)(O2)C(=O)C(=O)[N+]2([O-])CCCCC2C(=O)OC(C(C)CC2CCC(OC(=O)C(C)(CO)CO)C(OC)C2)CC(=O)C(C)/C=C(\C)C(O)C(OC)C(=O)C(C)CC(C)/C=C/C=C/C=C/1C. The van der Waals surface area contributed by atoms with E-state index in [0.29, 0.717) is 50.5 Å². The molecule has 0 aromatic carbocycles. The zero-order valence-electron chi connectivity index (χ0n) is 45.7. The number of esters is 2. The number of fused-ring (bicyclic) bond motifs is 3. The number of hydrogen-bond acceptors (Lipinski definition) is 17. The summed E-state index contributed by atoms with van der Waals surface area (Å²) >= 11 is 0. The van der Waals surface area contributed by atoms with E-state index in [9.17, 15) is 54.4 Å². The van der Waals surface area contributed by atoms with Crippen molar-refractivity contribution in [3.05, 3.63) is 52.8 Å². The predicted molar refractivity (Wildman–Crippen MR) is 273 cm³/mol. The van der Waals surface area contributed by atoms with Gasteiger partial charge in [0.25, 0.3) is 0 Å². The molecule has 2 bridgehead atoms. The van der Waals surface area contributed by atoms with Crippen LogP contribution in [0.25, 0.3) is 0 Å². The average molecular weight is 1050 g/mol. The molecule has 1 saturated carbocycles. The van der Waals surface area contributed by atoms with Crippen molar-refractivity contribution in [2.45, 2.75) is 187 Å². The highest BCUT2D eigenvalue weighted by Gasteiger charge is 2.58. The van der Waals surface area contributed by atoms with Crippen molar-refractivity contribution in [1.82, 2.24) is 0 Å². The van der Waals surface area contributed by atoms with Gasteiger partial charge in [-0.15, -0.1) is 0 Å². The van der Waals surface area contributed by atoms with Gasteiger partial charge >= 0.3 is 23.6 Å². The van der Waals surface area contributed by atoms with Crippen LogP contribution in [0.4, 0.5) is 0 Å². The Balaban J connectivity index is 1.72. The van der Waals surface area contributed by atoms with Gasteiger partial charge in [0.15, 0.2) is 11.8 Å². The molecule has 418 valence electrons. The summed E-state index contributed by atoms with van der Waals surface area (Å²) in [6, 6.07) is -1.71. The molecular formula is C56H87NO17. The monoisotopic (exact) mass is 1050 g/mol. The summed E-state index contributed by atoms with van der Waals surface area (Å²) in [5, 5.41) is 58.0. The number of Topliss-reactive ketones (excluding diaryl/α,β-unsaturated/α-hetero) is 3. The molecule has 18 nitrogen and oxygen atoms in total. The molecule has 3 heterocycles. The summed E-state index contributed by atoms with van der Waals surface area (Å²) in [6.07, 6.45) is 7.79. The normalized spacial score (nSPS) is 39.1. The van der Waals surface area contributed by atoms with Crippen molar-refractivity contribution in [1.29, 1.82) is 0 Å². The Morgan fingerprint density at radius 3 is 2.20 bits per heavy atom. The molecule has 1 amide bonds. The lowest BCUT2D eigenvalue weighted by Crippen LogP contribution is -2.67. The number of ether oxygens (including phenoxy) is 6. The number of hydroxylamine groups is 3. The molecule has 0 spiro atoms. The molecule has 3 fully saturated rings. The van der Waals surface area contributed by atoms with E-state index in [1.54, 1.807) is 40.7 Å². The summed E-state index contributed by atoms with van der Waals surface area (Å²) < 4.78 is 33.3. The van der Waals surface area contributed by atoms with Crippen LogP contribution in [0.5, 0.6) is 0 Å². The van der Waals surface area contributed by atoms with Crippen molar-refractivity contribution in [2.24, 2.45) is 40.9 Å². The number of hydrogen-bond donors (Lipinski definition) is 4. The Labute approximate surface area is 438 Å². The molecule has 16 atom stereocenters. The Kier molecular flexibility index (Phi) is 23.7. The predicted octanol–water partition coefficient (Wildman–Crippen LogP) is 5.74. The largest absolute Gasteiger partial charge is 0.624 e. The van der Waals surface area contributed by atoms with Gasteiger partial charge in [-0.2, -0.15) is 0 Å². The van der Waals surface area contributed by atoms with E-state index in [1.165, 1.54) is 28.3 Å². The van der Waals surface area contributed by atoms with Crippen molar-refractivity contribution < 1.29 is 82.3 Å². The second kappa shape index (κ2) is 28.0. The summed E-state index contributed by atoms with van der Waals surface area (Å²) in [4.78, 5) is 84.4. The zero-order chi connectivity index (χ0) is 55.3. The summed E-state index contributed by atoms with van der Waals surface area (Å²) in [7, 11) is 4.35. The first-order chi connectivity index (χ1) is 34.8. The molecule has 0 radical (unpaired) electrons. The zero-order valence-corrected chi connectivity index (χ0v) is 45.7. The number of carbonyl (C=O) groups is 6. The minimum Gasteiger partial charge on any atom is -0.624 e. The number of quaternary nitrogens is 1. The Morgan fingerprint density at radius 1 is 0.878 bits per heavy atom. The first kappa shape index (κ1) is 62.7. The number of cyclic esters (lactones) is 1. The van der Waals surface area contributed by atoms with Gasteiger partial charge in [0.2, 0.25) is 5.79 Å². The smallest absolute Gasteiger partial charge is 0.388 e. The molecule has 18 heteroatoms. The molecule has 4 rings (SSSR count). The van der Waals surface area contributed by atoms with Crippen molar-refractivity contribution >= 4 is 35.2 Å². The summed E-state index contributed by atoms with van der Waals surface area (Å²) in [5.41, 5.74) is -0.387. The number of carbonyl (C=O) groups excluding carboxylic acids is 6. The van der Waals surface area contributed by atoms with Gasteiger partial charge in [-0.05, 0) is 107 Å². The molecule has 74 heavy (non-hydrogen) atoms. The fourth-order valence-corrected chi connectivity index (χ4v) is 10.9. The highest BCUT2D eigenvalue weighted by atomic mass is 16.6. The Bertz CT molecular complexity index is 2060. The van der Waals surface area contributed by atoms with Gasteiger partial charge < -0.3 is 54.1 Å². The van der Waals surface area contributed by atoms with Crippen molar-refractivity contribution in [2.75, 3.05) is 41.1 Å². The first-order valence-electron chi connectivity index (χ1n) is 26.6. The van der Waals surface area contributed by atoms with Crippen LogP contribution in [0.3, 0.4) is 0 Å². The molecule has 4 N–H and O–H groups in total. The van der Waals surface area contributed by atoms with Crippen LogP contribution in [0.2, 0.25) is 0 Å².